The van der Waals surface area contributed by atoms with E-state index in [4.69, 9.17) is 0 Å². The lowest BCUT2D eigenvalue weighted by molar-refractivity contribution is -0.116. The number of hydrogen-bond donors (Lipinski definition) is 2. The number of rotatable bonds is 1. The lowest BCUT2D eigenvalue weighted by Crippen LogP contribution is -2.18. The highest BCUT2D eigenvalue weighted by atomic mass is 32.2. The zero-order chi connectivity index (χ0) is 17.6. The van der Waals surface area contributed by atoms with Crippen molar-refractivity contribution in [2.45, 2.75) is 59.3 Å². The third kappa shape index (κ3) is 3.57. The third-order valence-electron chi connectivity index (χ3n) is 4.16. The number of carbonyl (C=O) groups excluding carboxylic acids is 1. The second-order valence-corrected chi connectivity index (χ2v) is 9.15. The molecule has 0 atom stereocenters. The van der Waals surface area contributed by atoms with Gasteiger partial charge in [-0.1, -0.05) is 53.3 Å². The number of hydrogen-bond acceptors (Lipinski definition) is 3. The first-order valence-electron chi connectivity index (χ1n) is 7.93. The van der Waals surface area contributed by atoms with Gasteiger partial charge in [0.25, 0.3) is 5.91 Å². The predicted molar refractivity (Wildman–Crippen MR) is 98.7 cm³/mol. The first kappa shape index (κ1) is 17.9. The van der Waals surface area contributed by atoms with E-state index >= 15 is 0 Å². The number of carbonyl (C=O) groups is 1. The van der Waals surface area contributed by atoms with Crippen molar-refractivity contribution < 1.29 is 9.90 Å². The molecule has 126 valence electrons. The Morgan fingerprint density at radius 1 is 1.09 bits per heavy atom. The number of phenolic OH excluding ortho intramolecular Hbond substituents is 1. The second kappa shape index (κ2) is 5.90. The third-order valence-corrected chi connectivity index (χ3v) is 5.22. The molecule has 1 aliphatic heterocycles. The molecule has 0 bridgehead atoms. The summed E-state index contributed by atoms with van der Waals surface area (Å²) in [4.78, 5) is 12.8. The molecular weight excluding hydrogens is 306 g/mol. The van der Waals surface area contributed by atoms with Gasteiger partial charge in [-0.15, -0.1) is 0 Å². The highest BCUT2D eigenvalue weighted by Gasteiger charge is 2.28. The number of benzene rings is 1. The molecule has 1 saturated heterocycles. The molecule has 1 fully saturated rings. The molecule has 1 aliphatic rings. The number of nitrogens with one attached hydrogen (secondary N) is 1. The standard InChI is InChI=1S/C19H27NO2S/c1-11(16-17(22)20-10-23-16)12-8-13(18(2,3)4)15(21)14(9-12)19(5,6)7/h8-9,21H,10H2,1-7H3,(H,20,22)/b16-11+. The van der Waals surface area contributed by atoms with Gasteiger partial charge in [-0.3, -0.25) is 4.79 Å². The Balaban J connectivity index is 2.73. The second-order valence-electron chi connectivity index (χ2n) is 8.17. The first-order valence-corrected chi connectivity index (χ1v) is 8.91. The molecule has 1 aromatic carbocycles. The Morgan fingerprint density at radius 2 is 1.57 bits per heavy atom. The molecule has 0 saturated carbocycles. The quantitative estimate of drug-likeness (QED) is 0.742. The fourth-order valence-electron chi connectivity index (χ4n) is 2.72. The molecule has 0 aromatic heterocycles. The van der Waals surface area contributed by atoms with E-state index in [0.29, 0.717) is 11.6 Å². The minimum atomic E-state index is -0.171. The van der Waals surface area contributed by atoms with Crippen LogP contribution in [0.1, 0.15) is 65.2 Å². The van der Waals surface area contributed by atoms with Gasteiger partial charge >= 0.3 is 0 Å². The summed E-state index contributed by atoms with van der Waals surface area (Å²) in [7, 11) is 0. The van der Waals surface area contributed by atoms with Crippen molar-refractivity contribution in [2.24, 2.45) is 0 Å². The Morgan fingerprint density at radius 3 is 1.91 bits per heavy atom. The smallest absolute Gasteiger partial charge is 0.258 e. The molecule has 4 heteroatoms. The van der Waals surface area contributed by atoms with Crippen LogP contribution in [-0.2, 0) is 15.6 Å². The van der Waals surface area contributed by atoms with E-state index in [-0.39, 0.29) is 16.7 Å². The SMILES string of the molecule is C/C(=C1\SCNC1=O)c1cc(C(C)(C)C)c(O)c(C(C)(C)C)c1. The highest BCUT2D eigenvalue weighted by molar-refractivity contribution is 8.04. The van der Waals surface area contributed by atoms with Crippen LogP contribution in [0.15, 0.2) is 17.0 Å². The number of thioether (sulfide) groups is 1. The minimum absolute atomic E-state index is 0.00445. The zero-order valence-electron chi connectivity index (χ0n) is 15.1. The van der Waals surface area contributed by atoms with Crippen LogP contribution >= 0.6 is 11.8 Å². The van der Waals surface area contributed by atoms with Gasteiger partial charge in [0, 0.05) is 11.1 Å². The van der Waals surface area contributed by atoms with Crippen LogP contribution in [0.2, 0.25) is 0 Å². The van der Waals surface area contributed by atoms with E-state index in [1.54, 1.807) is 11.8 Å². The van der Waals surface area contributed by atoms with Crippen molar-refractivity contribution in [1.82, 2.24) is 5.32 Å². The lowest BCUT2D eigenvalue weighted by Gasteiger charge is -2.28. The van der Waals surface area contributed by atoms with Crippen molar-refractivity contribution >= 4 is 23.2 Å². The summed E-state index contributed by atoms with van der Waals surface area (Å²) < 4.78 is 0. The van der Waals surface area contributed by atoms with Crippen LogP contribution in [0, 0.1) is 0 Å². The maximum atomic E-state index is 12.0. The van der Waals surface area contributed by atoms with Gasteiger partial charge in [0.1, 0.15) is 5.75 Å². The van der Waals surface area contributed by atoms with Gasteiger partial charge in [0.15, 0.2) is 0 Å². The van der Waals surface area contributed by atoms with Crippen molar-refractivity contribution in [3.8, 4) is 5.75 Å². The molecule has 1 aromatic rings. The van der Waals surface area contributed by atoms with Crippen LogP contribution in [0.5, 0.6) is 5.75 Å². The lowest BCUT2D eigenvalue weighted by atomic mass is 9.78. The van der Waals surface area contributed by atoms with E-state index < -0.39 is 0 Å². The summed E-state index contributed by atoms with van der Waals surface area (Å²) in [5.41, 5.74) is 3.48. The molecule has 0 aliphatic carbocycles. The van der Waals surface area contributed by atoms with Crippen LogP contribution in [0.25, 0.3) is 5.57 Å². The van der Waals surface area contributed by atoms with Crippen molar-refractivity contribution in [1.29, 1.82) is 0 Å². The average Bonchev–Trinajstić information content (AvgIpc) is 2.81. The number of aromatic hydroxyl groups is 1. The summed E-state index contributed by atoms with van der Waals surface area (Å²) in [6.07, 6.45) is 0. The summed E-state index contributed by atoms with van der Waals surface area (Å²) in [5.74, 6) is 0.993. The Bertz CT molecular complexity index is 641. The molecule has 3 nitrogen and oxygen atoms in total. The highest BCUT2D eigenvalue weighted by Crippen LogP contribution is 2.42. The van der Waals surface area contributed by atoms with E-state index in [1.807, 2.05) is 19.1 Å². The van der Waals surface area contributed by atoms with E-state index in [9.17, 15) is 9.90 Å². The summed E-state index contributed by atoms with van der Waals surface area (Å²) in [6, 6.07) is 4.05. The maximum Gasteiger partial charge on any atom is 0.258 e. The van der Waals surface area contributed by atoms with Crippen LogP contribution in [0.4, 0.5) is 0 Å². The number of phenols is 1. The van der Waals surface area contributed by atoms with Crippen LogP contribution in [0.3, 0.4) is 0 Å². The molecule has 1 heterocycles. The van der Waals surface area contributed by atoms with E-state index in [1.165, 1.54) is 0 Å². The fourth-order valence-corrected chi connectivity index (χ4v) is 3.61. The largest absolute Gasteiger partial charge is 0.507 e. The first-order chi connectivity index (χ1) is 10.4. The summed E-state index contributed by atoms with van der Waals surface area (Å²) >= 11 is 1.54. The van der Waals surface area contributed by atoms with Gasteiger partial charge in [-0.2, -0.15) is 0 Å². The topological polar surface area (TPSA) is 49.3 Å². The van der Waals surface area contributed by atoms with Crippen molar-refractivity contribution in [3.05, 3.63) is 33.7 Å². The molecule has 0 unspecified atom stereocenters. The minimum Gasteiger partial charge on any atom is -0.507 e. The molecule has 23 heavy (non-hydrogen) atoms. The van der Waals surface area contributed by atoms with Crippen molar-refractivity contribution in [3.63, 3.8) is 0 Å². The van der Waals surface area contributed by atoms with Gasteiger partial charge in [0.2, 0.25) is 0 Å². The average molecular weight is 333 g/mol. The van der Waals surface area contributed by atoms with Gasteiger partial charge in [0.05, 0.1) is 10.8 Å². The normalized spacial score (nSPS) is 18.1. The van der Waals surface area contributed by atoms with E-state index in [0.717, 1.165) is 27.2 Å². The maximum absolute atomic E-state index is 12.0. The molecule has 2 rings (SSSR count). The number of allylic oxidation sites excluding steroid dienone is 1. The zero-order valence-corrected chi connectivity index (χ0v) is 15.9. The van der Waals surface area contributed by atoms with Gasteiger partial charge in [-0.05, 0) is 41.0 Å². The number of amides is 1. The van der Waals surface area contributed by atoms with Crippen LogP contribution < -0.4 is 5.32 Å². The molecular formula is C19H27NO2S. The summed E-state index contributed by atoms with van der Waals surface area (Å²) in [5, 5.41) is 13.6. The Labute approximate surface area is 143 Å². The summed E-state index contributed by atoms with van der Waals surface area (Å²) in [6.45, 7) is 14.6. The monoisotopic (exact) mass is 333 g/mol. The molecule has 0 spiro atoms. The van der Waals surface area contributed by atoms with Crippen molar-refractivity contribution in [2.75, 3.05) is 5.88 Å². The fraction of sp³-hybridized carbons (Fsp3) is 0.526. The Hall–Kier alpha value is -1.42. The molecule has 2 N–H and O–H groups in total. The van der Waals surface area contributed by atoms with Crippen LogP contribution in [-0.4, -0.2) is 16.9 Å². The predicted octanol–water partition coefficient (Wildman–Crippen LogP) is 4.54. The molecule has 0 radical (unpaired) electrons. The van der Waals surface area contributed by atoms with Gasteiger partial charge in [-0.25, -0.2) is 0 Å². The van der Waals surface area contributed by atoms with Gasteiger partial charge < -0.3 is 10.4 Å². The molecule has 1 amide bonds. The van der Waals surface area contributed by atoms with E-state index in [2.05, 4.69) is 46.9 Å². The Kier molecular flexibility index (Phi) is 4.60.